The minimum Gasteiger partial charge on any atom is -0.283 e. The van der Waals surface area contributed by atoms with Gasteiger partial charge in [0.2, 0.25) is 0 Å². The first-order valence-electron chi connectivity index (χ1n) is 4.82. The molecule has 0 atom stereocenters. The second-order valence-electron chi connectivity index (χ2n) is 3.47. The summed E-state index contributed by atoms with van der Waals surface area (Å²) in [6, 6.07) is 9.84. The van der Waals surface area contributed by atoms with Gasteiger partial charge in [-0.1, -0.05) is 18.2 Å². The fourth-order valence-electron chi connectivity index (χ4n) is 1.40. The first kappa shape index (κ1) is 10.5. The summed E-state index contributed by atoms with van der Waals surface area (Å²) in [7, 11) is 0. The topological polar surface area (TPSA) is 30.0 Å². The van der Waals surface area contributed by atoms with Crippen molar-refractivity contribution in [2.75, 3.05) is 0 Å². The van der Waals surface area contributed by atoms with Crippen molar-refractivity contribution in [1.29, 1.82) is 0 Å². The van der Waals surface area contributed by atoms with Crippen molar-refractivity contribution in [2.45, 2.75) is 6.92 Å². The monoisotopic (exact) mass is 214 g/mol. The first-order chi connectivity index (χ1) is 7.70. The van der Waals surface area contributed by atoms with Gasteiger partial charge in [0.05, 0.1) is 5.69 Å². The van der Waals surface area contributed by atoms with Crippen molar-refractivity contribution in [3.63, 3.8) is 0 Å². The van der Waals surface area contributed by atoms with Crippen LogP contribution in [0.25, 0.3) is 11.3 Å². The predicted molar refractivity (Wildman–Crippen MR) is 59.2 cm³/mol. The maximum absolute atomic E-state index is 13.3. The number of rotatable bonds is 2. The van der Waals surface area contributed by atoms with Crippen LogP contribution in [-0.4, -0.2) is 11.3 Å². The standard InChI is InChI=1S/C13H9FNO/c1-9-5-6-10(7-12(9)14)13-4-2-3-11(8-16)15-13/h2-7H,1H3. The second-order valence-corrected chi connectivity index (χ2v) is 3.47. The molecule has 1 heterocycles. The SMILES string of the molecule is Cc1ccc(-c2cccc([C]=O)n2)cc1F. The Hall–Kier alpha value is -2.03. The quantitative estimate of drug-likeness (QED) is 0.769. The van der Waals surface area contributed by atoms with Crippen molar-refractivity contribution in [1.82, 2.24) is 4.98 Å². The van der Waals surface area contributed by atoms with Crippen LogP contribution in [-0.2, 0) is 4.79 Å². The van der Waals surface area contributed by atoms with Gasteiger partial charge in [0.25, 0.3) is 6.29 Å². The molecule has 0 unspecified atom stereocenters. The van der Waals surface area contributed by atoms with Crippen molar-refractivity contribution in [2.24, 2.45) is 0 Å². The maximum atomic E-state index is 13.3. The Morgan fingerprint density at radius 2 is 2.06 bits per heavy atom. The Balaban J connectivity index is 2.49. The lowest BCUT2D eigenvalue weighted by atomic mass is 10.1. The first-order valence-corrected chi connectivity index (χ1v) is 4.82. The maximum Gasteiger partial charge on any atom is 0.253 e. The van der Waals surface area contributed by atoms with Gasteiger partial charge in [0.1, 0.15) is 11.5 Å². The number of pyridine rings is 1. The fourth-order valence-corrected chi connectivity index (χ4v) is 1.40. The van der Waals surface area contributed by atoms with Crippen LogP contribution in [0.5, 0.6) is 0 Å². The highest BCUT2D eigenvalue weighted by Gasteiger charge is 2.04. The third kappa shape index (κ3) is 1.98. The minimum atomic E-state index is -0.278. The molecule has 0 aliphatic rings. The second kappa shape index (κ2) is 4.23. The highest BCUT2D eigenvalue weighted by atomic mass is 19.1. The summed E-state index contributed by atoms with van der Waals surface area (Å²) in [5.74, 6) is -0.278. The van der Waals surface area contributed by atoms with Crippen molar-refractivity contribution in [3.05, 3.63) is 53.5 Å². The molecule has 0 saturated carbocycles. The van der Waals surface area contributed by atoms with Gasteiger partial charge in [0, 0.05) is 5.56 Å². The molecule has 0 aliphatic heterocycles. The summed E-state index contributed by atoms with van der Waals surface area (Å²) >= 11 is 0. The van der Waals surface area contributed by atoms with Crippen molar-refractivity contribution in [3.8, 4) is 11.3 Å². The zero-order valence-corrected chi connectivity index (χ0v) is 8.70. The van der Waals surface area contributed by atoms with Gasteiger partial charge in [-0.2, -0.15) is 0 Å². The molecule has 2 rings (SSSR count). The number of benzene rings is 1. The summed E-state index contributed by atoms with van der Waals surface area (Å²) < 4.78 is 13.3. The molecule has 0 N–H and O–H groups in total. The number of aromatic nitrogens is 1. The van der Waals surface area contributed by atoms with Crippen LogP contribution in [0, 0.1) is 12.7 Å². The molecule has 2 nitrogen and oxygen atoms in total. The molecule has 1 aromatic heterocycles. The van der Waals surface area contributed by atoms with E-state index in [2.05, 4.69) is 4.98 Å². The Bertz CT molecular complexity index is 537. The van der Waals surface area contributed by atoms with Crippen LogP contribution in [0.1, 0.15) is 11.3 Å². The van der Waals surface area contributed by atoms with E-state index in [1.165, 1.54) is 6.07 Å². The number of aryl methyl sites for hydroxylation is 1. The summed E-state index contributed by atoms with van der Waals surface area (Å²) in [6.45, 7) is 1.70. The molecule has 0 aliphatic carbocycles. The van der Waals surface area contributed by atoms with Crippen LogP contribution in [0.3, 0.4) is 0 Å². The van der Waals surface area contributed by atoms with E-state index >= 15 is 0 Å². The normalized spacial score (nSPS) is 10.1. The third-order valence-corrected chi connectivity index (χ3v) is 2.32. The van der Waals surface area contributed by atoms with E-state index in [-0.39, 0.29) is 11.5 Å². The number of carbonyl (C=O) groups excluding carboxylic acids is 1. The average molecular weight is 214 g/mol. The van der Waals surface area contributed by atoms with Crippen molar-refractivity contribution < 1.29 is 9.18 Å². The van der Waals surface area contributed by atoms with Crippen LogP contribution in [0.15, 0.2) is 36.4 Å². The lowest BCUT2D eigenvalue weighted by Crippen LogP contribution is -1.91. The smallest absolute Gasteiger partial charge is 0.253 e. The number of hydrogen-bond donors (Lipinski definition) is 0. The van der Waals surface area contributed by atoms with E-state index in [1.54, 1.807) is 43.5 Å². The minimum absolute atomic E-state index is 0.221. The molecular weight excluding hydrogens is 205 g/mol. The molecule has 2 aromatic rings. The fraction of sp³-hybridized carbons (Fsp3) is 0.0769. The van der Waals surface area contributed by atoms with E-state index in [0.29, 0.717) is 16.8 Å². The largest absolute Gasteiger partial charge is 0.283 e. The molecule has 0 amide bonds. The molecular formula is C13H9FNO. The van der Waals surface area contributed by atoms with E-state index in [1.807, 2.05) is 0 Å². The summed E-state index contributed by atoms with van der Waals surface area (Å²) in [5.41, 5.74) is 2.03. The highest BCUT2D eigenvalue weighted by Crippen LogP contribution is 2.19. The van der Waals surface area contributed by atoms with E-state index < -0.39 is 0 Å². The highest BCUT2D eigenvalue weighted by molar-refractivity contribution is 5.74. The zero-order valence-electron chi connectivity index (χ0n) is 8.70. The van der Waals surface area contributed by atoms with Crippen LogP contribution < -0.4 is 0 Å². The Labute approximate surface area is 92.8 Å². The molecule has 1 aromatic carbocycles. The molecule has 16 heavy (non-hydrogen) atoms. The average Bonchev–Trinajstić information content (AvgIpc) is 2.33. The van der Waals surface area contributed by atoms with Gasteiger partial charge in [-0.05, 0) is 30.7 Å². The number of halogens is 1. The molecule has 1 radical (unpaired) electrons. The van der Waals surface area contributed by atoms with E-state index in [4.69, 9.17) is 0 Å². The van der Waals surface area contributed by atoms with Gasteiger partial charge in [-0.3, -0.25) is 4.79 Å². The predicted octanol–water partition coefficient (Wildman–Crippen LogP) is 2.65. The molecule has 79 valence electrons. The molecule has 0 saturated heterocycles. The molecule has 3 heteroatoms. The van der Waals surface area contributed by atoms with Gasteiger partial charge in [-0.15, -0.1) is 0 Å². The van der Waals surface area contributed by atoms with Gasteiger partial charge in [-0.25, -0.2) is 9.37 Å². The Morgan fingerprint density at radius 1 is 1.25 bits per heavy atom. The van der Waals surface area contributed by atoms with Gasteiger partial charge < -0.3 is 0 Å². The van der Waals surface area contributed by atoms with E-state index in [0.717, 1.165) is 0 Å². The van der Waals surface area contributed by atoms with Crippen LogP contribution in [0.2, 0.25) is 0 Å². The summed E-state index contributed by atoms with van der Waals surface area (Å²) in [5, 5.41) is 0. The molecule has 0 fully saturated rings. The van der Waals surface area contributed by atoms with Gasteiger partial charge >= 0.3 is 0 Å². The number of nitrogens with zero attached hydrogens (tertiary/aromatic N) is 1. The van der Waals surface area contributed by atoms with Crippen LogP contribution >= 0.6 is 0 Å². The Morgan fingerprint density at radius 3 is 2.75 bits per heavy atom. The Kier molecular flexibility index (Phi) is 2.77. The van der Waals surface area contributed by atoms with Crippen molar-refractivity contribution >= 4 is 6.29 Å². The molecule has 0 bridgehead atoms. The molecule has 0 spiro atoms. The summed E-state index contributed by atoms with van der Waals surface area (Å²) in [4.78, 5) is 14.5. The lowest BCUT2D eigenvalue weighted by molar-refractivity contribution is 0.561. The number of hydrogen-bond acceptors (Lipinski definition) is 2. The lowest BCUT2D eigenvalue weighted by Gasteiger charge is -2.03. The third-order valence-electron chi connectivity index (χ3n) is 2.32. The van der Waals surface area contributed by atoms with Crippen LogP contribution in [0.4, 0.5) is 4.39 Å². The zero-order chi connectivity index (χ0) is 11.5. The summed E-state index contributed by atoms with van der Waals surface area (Å²) in [6.07, 6.45) is 1.71. The van der Waals surface area contributed by atoms with Gasteiger partial charge in [0.15, 0.2) is 0 Å². The van der Waals surface area contributed by atoms with E-state index in [9.17, 15) is 9.18 Å².